The van der Waals surface area contributed by atoms with E-state index in [2.05, 4.69) is 5.32 Å². The summed E-state index contributed by atoms with van der Waals surface area (Å²) in [6.45, 7) is 1.75. The van der Waals surface area contributed by atoms with Gasteiger partial charge in [-0.05, 0) is 42.3 Å². The summed E-state index contributed by atoms with van der Waals surface area (Å²) < 4.78 is 5.13. The summed E-state index contributed by atoms with van der Waals surface area (Å²) in [5, 5.41) is 3.67. The molecular formula is C18H16Cl2N2O3. The molecule has 2 aromatic rings. The Morgan fingerprint density at radius 2 is 1.80 bits per heavy atom. The third kappa shape index (κ3) is 3.17. The van der Waals surface area contributed by atoms with E-state index in [1.54, 1.807) is 56.5 Å². The van der Waals surface area contributed by atoms with Crippen LogP contribution in [0.3, 0.4) is 0 Å². The van der Waals surface area contributed by atoms with Gasteiger partial charge in [-0.15, -0.1) is 0 Å². The highest BCUT2D eigenvalue weighted by molar-refractivity contribution is 6.35. The molecular weight excluding hydrogens is 363 g/mol. The van der Waals surface area contributed by atoms with Gasteiger partial charge >= 0.3 is 6.03 Å². The summed E-state index contributed by atoms with van der Waals surface area (Å²) in [4.78, 5) is 26.4. The molecule has 1 atom stereocenters. The van der Waals surface area contributed by atoms with Crippen LogP contribution in [-0.4, -0.2) is 23.9 Å². The summed E-state index contributed by atoms with van der Waals surface area (Å²) in [5.74, 6) is 0.336. The maximum Gasteiger partial charge on any atom is 0.325 e. The minimum absolute atomic E-state index is 0.0758. The van der Waals surface area contributed by atoms with Crippen LogP contribution >= 0.6 is 23.2 Å². The maximum absolute atomic E-state index is 12.9. The normalized spacial score (nSPS) is 19.9. The lowest BCUT2D eigenvalue weighted by molar-refractivity contribution is -0.131. The van der Waals surface area contributed by atoms with E-state index in [0.29, 0.717) is 26.9 Å². The van der Waals surface area contributed by atoms with Gasteiger partial charge in [-0.3, -0.25) is 9.69 Å². The standard InChI is InChI=1S/C18H16Cl2N2O3/c1-18(12-4-7-14(25-2)8-5-12)16(23)22(17(24)21-18)10-11-3-6-13(19)9-15(11)20/h3-9H,10H2,1-2H3,(H,21,24). The molecule has 1 heterocycles. The van der Waals surface area contributed by atoms with E-state index in [0.717, 1.165) is 4.90 Å². The largest absolute Gasteiger partial charge is 0.497 e. The van der Waals surface area contributed by atoms with Crippen molar-refractivity contribution in [2.45, 2.75) is 19.0 Å². The van der Waals surface area contributed by atoms with E-state index in [4.69, 9.17) is 27.9 Å². The SMILES string of the molecule is COc1ccc(C2(C)NC(=O)N(Cc3ccc(Cl)cc3Cl)C2=O)cc1. The average Bonchev–Trinajstić information content (AvgIpc) is 2.81. The van der Waals surface area contributed by atoms with Gasteiger partial charge in [-0.2, -0.15) is 0 Å². The van der Waals surface area contributed by atoms with Crippen molar-refractivity contribution in [2.75, 3.05) is 7.11 Å². The molecule has 0 spiro atoms. The van der Waals surface area contributed by atoms with Gasteiger partial charge in [-0.25, -0.2) is 4.79 Å². The zero-order valence-corrected chi connectivity index (χ0v) is 15.2. The Morgan fingerprint density at radius 3 is 2.40 bits per heavy atom. The second kappa shape index (κ2) is 6.58. The zero-order valence-electron chi connectivity index (χ0n) is 13.7. The van der Waals surface area contributed by atoms with Gasteiger partial charge in [0.1, 0.15) is 11.3 Å². The van der Waals surface area contributed by atoms with Crippen LogP contribution in [-0.2, 0) is 16.9 Å². The van der Waals surface area contributed by atoms with Gasteiger partial charge in [0.15, 0.2) is 0 Å². The summed E-state index contributed by atoms with van der Waals surface area (Å²) in [5.41, 5.74) is 0.187. The van der Waals surface area contributed by atoms with Crippen molar-refractivity contribution >= 4 is 35.1 Å². The quantitative estimate of drug-likeness (QED) is 0.818. The molecule has 0 aliphatic carbocycles. The fourth-order valence-electron chi connectivity index (χ4n) is 2.78. The zero-order chi connectivity index (χ0) is 18.2. The first-order chi connectivity index (χ1) is 11.8. The molecule has 3 rings (SSSR count). The molecule has 1 aliphatic rings. The van der Waals surface area contributed by atoms with Crippen LogP contribution in [0.1, 0.15) is 18.1 Å². The number of nitrogens with one attached hydrogen (secondary N) is 1. The first-order valence-corrected chi connectivity index (χ1v) is 8.33. The Labute approximate surface area is 155 Å². The fraction of sp³-hybridized carbons (Fsp3) is 0.222. The van der Waals surface area contributed by atoms with E-state index < -0.39 is 11.6 Å². The van der Waals surface area contributed by atoms with Gasteiger partial charge < -0.3 is 10.1 Å². The molecule has 1 aliphatic heterocycles. The molecule has 0 radical (unpaired) electrons. The number of nitrogens with zero attached hydrogens (tertiary/aromatic N) is 1. The van der Waals surface area contributed by atoms with E-state index in [1.807, 2.05) is 0 Å². The molecule has 5 nitrogen and oxygen atoms in total. The molecule has 0 saturated carbocycles. The van der Waals surface area contributed by atoms with Crippen molar-refractivity contribution in [3.63, 3.8) is 0 Å². The number of hydrogen-bond donors (Lipinski definition) is 1. The molecule has 1 N–H and O–H groups in total. The van der Waals surface area contributed by atoms with Crippen molar-refractivity contribution < 1.29 is 14.3 Å². The molecule has 130 valence electrons. The van der Waals surface area contributed by atoms with Gasteiger partial charge in [0, 0.05) is 10.0 Å². The number of urea groups is 1. The van der Waals surface area contributed by atoms with Crippen LogP contribution in [0, 0.1) is 0 Å². The number of rotatable bonds is 4. The maximum atomic E-state index is 12.9. The summed E-state index contributed by atoms with van der Waals surface area (Å²) in [7, 11) is 1.57. The third-order valence-electron chi connectivity index (χ3n) is 4.29. The Bertz CT molecular complexity index is 839. The molecule has 1 fully saturated rings. The predicted molar refractivity (Wildman–Crippen MR) is 95.9 cm³/mol. The van der Waals surface area contributed by atoms with Gasteiger partial charge in [-0.1, -0.05) is 41.4 Å². The Balaban J connectivity index is 1.88. The molecule has 2 aromatic carbocycles. The Morgan fingerprint density at radius 1 is 1.12 bits per heavy atom. The second-order valence-corrected chi connectivity index (χ2v) is 6.75. The number of carbonyl (C=O) groups excluding carboxylic acids is 2. The van der Waals surface area contributed by atoms with E-state index in [-0.39, 0.29) is 12.5 Å². The minimum atomic E-state index is -1.14. The molecule has 0 aromatic heterocycles. The topological polar surface area (TPSA) is 58.6 Å². The number of ether oxygens (including phenoxy) is 1. The molecule has 1 unspecified atom stereocenters. The number of amides is 3. The number of benzene rings is 2. The molecule has 25 heavy (non-hydrogen) atoms. The summed E-state index contributed by atoms with van der Waals surface area (Å²) >= 11 is 12.0. The van der Waals surface area contributed by atoms with Crippen molar-refractivity contribution in [1.29, 1.82) is 0 Å². The van der Waals surface area contributed by atoms with Crippen molar-refractivity contribution in [3.8, 4) is 5.75 Å². The smallest absolute Gasteiger partial charge is 0.325 e. The number of carbonyl (C=O) groups is 2. The molecule has 0 bridgehead atoms. The van der Waals surface area contributed by atoms with Crippen molar-refractivity contribution in [3.05, 3.63) is 63.6 Å². The number of methoxy groups -OCH3 is 1. The van der Waals surface area contributed by atoms with Crippen LogP contribution in [0.25, 0.3) is 0 Å². The van der Waals surface area contributed by atoms with E-state index in [1.165, 1.54) is 0 Å². The predicted octanol–water partition coefficient (Wildman–Crippen LogP) is 3.97. The fourth-order valence-corrected chi connectivity index (χ4v) is 3.25. The summed E-state index contributed by atoms with van der Waals surface area (Å²) in [6, 6.07) is 11.5. The summed E-state index contributed by atoms with van der Waals surface area (Å²) in [6.07, 6.45) is 0. The lowest BCUT2D eigenvalue weighted by atomic mass is 9.92. The van der Waals surface area contributed by atoms with Crippen LogP contribution in [0.4, 0.5) is 4.79 Å². The monoisotopic (exact) mass is 378 g/mol. The number of imide groups is 1. The lowest BCUT2D eigenvalue weighted by Gasteiger charge is -2.22. The average molecular weight is 379 g/mol. The third-order valence-corrected chi connectivity index (χ3v) is 4.87. The highest BCUT2D eigenvalue weighted by atomic mass is 35.5. The first-order valence-electron chi connectivity index (χ1n) is 7.57. The van der Waals surface area contributed by atoms with Gasteiger partial charge in [0.05, 0.1) is 13.7 Å². The van der Waals surface area contributed by atoms with Crippen LogP contribution in [0.15, 0.2) is 42.5 Å². The van der Waals surface area contributed by atoms with Crippen LogP contribution < -0.4 is 10.1 Å². The van der Waals surface area contributed by atoms with E-state index >= 15 is 0 Å². The van der Waals surface area contributed by atoms with E-state index in [9.17, 15) is 9.59 Å². The first kappa shape index (κ1) is 17.6. The van der Waals surface area contributed by atoms with Gasteiger partial charge in [0.2, 0.25) is 0 Å². The Kier molecular flexibility index (Phi) is 4.62. The highest BCUT2D eigenvalue weighted by Crippen LogP contribution is 2.32. The second-order valence-electron chi connectivity index (χ2n) is 5.91. The van der Waals surface area contributed by atoms with Crippen molar-refractivity contribution in [1.82, 2.24) is 10.2 Å². The van der Waals surface area contributed by atoms with Gasteiger partial charge in [0.25, 0.3) is 5.91 Å². The highest BCUT2D eigenvalue weighted by Gasteiger charge is 2.48. The molecule has 7 heteroatoms. The number of halogens is 2. The lowest BCUT2D eigenvalue weighted by Crippen LogP contribution is -2.40. The molecule has 1 saturated heterocycles. The van der Waals surface area contributed by atoms with Crippen LogP contribution in [0.5, 0.6) is 5.75 Å². The molecule has 3 amide bonds. The Hall–Kier alpha value is -2.24. The van der Waals surface area contributed by atoms with Crippen molar-refractivity contribution in [2.24, 2.45) is 0 Å². The van der Waals surface area contributed by atoms with Crippen LogP contribution in [0.2, 0.25) is 10.0 Å². The number of hydrogen-bond acceptors (Lipinski definition) is 3. The minimum Gasteiger partial charge on any atom is -0.497 e.